The summed E-state index contributed by atoms with van der Waals surface area (Å²) in [5.41, 5.74) is 0.455. The van der Waals surface area contributed by atoms with Crippen LogP contribution in [0.1, 0.15) is 46.2 Å². The monoisotopic (exact) mass is 528 g/mol. The fourth-order valence-corrected chi connectivity index (χ4v) is 4.44. The second-order valence-corrected chi connectivity index (χ2v) is 10.4. The van der Waals surface area contributed by atoms with Crippen molar-refractivity contribution in [1.82, 2.24) is 9.55 Å². The average molecular weight is 530 g/mol. The van der Waals surface area contributed by atoms with Gasteiger partial charge < -0.3 is 14.0 Å². The molecule has 0 saturated carbocycles. The Bertz CT molecular complexity index is 1240. The number of aryl methyl sites for hydroxylation is 1. The number of hydrogen-bond donors (Lipinski definition) is 0. The van der Waals surface area contributed by atoms with Crippen LogP contribution in [0.3, 0.4) is 0 Å². The number of benzene rings is 1. The first-order valence-corrected chi connectivity index (χ1v) is 12.2. The molecule has 0 N–H and O–H groups in total. The van der Waals surface area contributed by atoms with Gasteiger partial charge in [-0.3, -0.25) is 4.79 Å². The summed E-state index contributed by atoms with van der Waals surface area (Å²) >= 11 is 19.2. The highest BCUT2D eigenvalue weighted by molar-refractivity contribution is 6.38. The molecule has 2 heterocycles. The maximum atomic E-state index is 13.8. The fourth-order valence-electron chi connectivity index (χ4n) is 3.59. The zero-order valence-corrected chi connectivity index (χ0v) is 22.1. The lowest BCUT2D eigenvalue weighted by atomic mass is 10.1. The highest BCUT2D eigenvalue weighted by Gasteiger charge is 2.22. The Labute approximate surface area is 213 Å². The quantitative estimate of drug-likeness (QED) is 0.290. The highest BCUT2D eigenvalue weighted by atomic mass is 35.5. The summed E-state index contributed by atoms with van der Waals surface area (Å²) in [7, 11) is 0. The van der Waals surface area contributed by atoms with Gasteiger partial charge in [-0.15, -0.1) is 0 Å². The summed E-state index contributed by atoms with van der Waals surface area (Å²) in [5.74, 6) is 0.132. The van der Waals surface area contributed by atoms with Crippen molar-refractivity contribution in [2.75, 3.05) is 13.2 Å². The number of ether oxygens (including phenoxy) is 2. The van der Waals surface area contributed by atoms with Gasteiger partial charge in [-0.25, -0.2) is 9.37 Å². The van der Waals surface area contributed by atoms with Crippen molar-refractivity contribution in [2.45, 2.75) is 53.1 Å². The Morgan fingerprint density at radius 2 is 1.74 bits per heavy atom. The smallest absolute Gasteiger partial charge is 0.227 e. The van der Waals surface area contributed by atoms with Crippen LogP contribution in [-0.2, 0) is 4.74 Å². The summed E-state index contributed by atoms with van der Waals surface area (Å²) in [5, 5.41) is 0.549. The lowest BCUT2D eigenvalue weighted by Crippen LogP contribution is -2.28. The molecule has 0 fully saturated rings. The van der Waals surface area contributed by atoms with E-state index in [9.17, 15) is 9.18 Å². The van der Waals surface area contributed by atoms with Crippen LogP contribution in [-0.4, -0.2) is 28.4 Å². The number of hydrogen-bond acceptors (Lipinski definition) is 4. The van der Waals surface area contributed by atoms with Crippen LogP contribution in [0.4, 0.5) is 4.39 Å². The van der Waals surface area contributed by atoms with E-state index in [1.54, 1.807) is 11.5 Å². The molecule has 3 rings (SSSR count). The lowest BCUT2D eigenvalue weighted by molar-refractivity contribution is -0.0348. The van der Waals surface area contributed by atoms with Gasteiger partial charge in [0.25, 0.3) is 0 Å². The summed E-state index contributed by atoms with van der Waals surface area (Å²) in [4.78, 5) is 17.3. The van der Waals surface area contributed by atoms with Crippen LogP contribution >= 0.6 is 34.8 Å². The van der Waals surface area contributed by atoms with E-state index in [-0.39, 0.29) is 38.4 Å². The van der Waals surface area contributed by atoms with Crippen molar-refractivity contribution in [3.05, 3.63) is 61.2 Å². The van der Waals surface area contributed by atoms with Crippen LogP contribution in [0, 0.1) is 18.7 Å². The standard InChI is InChI=1S/C25H28Cl3FN2O3/c1-14(2)6-8-34-25(4,5)7-9-33-24-21-20(32)10-15(3)31(23(21)19(28)13-30-24)22-17(26)11-16(29)12-18(22)27/h10-14H,6-9H2,1-5H3. The van der Waals surface area contributed by atoms with Gasteiger partial charge in [0.2, 0.25) is 5.88 Å². The van der Waals surface area contributed by atoms with Crippen LogP contribution < -0.4 is 10.2 Å². The summed E-state index contributed by atoms with van der Waals surface area (Å²) in [6, 6.07) is 3.72. The van der Waals surface area contributed by atoms with E-state index in [1.165, 1.54) is 12.3 Å². The number of fused-ring (bicyclic) bond motifs is 1. The van der Waals surface area contributed by atoms with Gasteiger partial charge in [-0.1, -0.05) is 48.7 Å². The Kier molecular flexibility index (Phi) is 8.51. The molecule has 0 unspecified atom stereocenters. The number of rotatable bonds is 9. The number of nitrogens with zero attached hydrogens (tertiary/aromatic N) is 2. The number of halogens is 4. The molecular formula is C25H28Cl3FN2O3. The third-order valence-corrected chi connectivity index (χ3v) is 6.32. The average Bonchev–Trinajstić information content (AvgIpc) is 2.70. The highest BCUT2D eigenvalue weighted by Crippen LogP contribution is 2.36. The van der Waals surface area contributed by atoms with Gasteiger partial charge in [-0.05, 0) is 45.2 Å². The van der Waals surface area contributed by atoms with E-state index in [1.807, 2.05) is 13.8 Å². The first-order valence-electron chi connectivity index (χ1n) is 11.0. The molecule has 0 saturated heterocycles. The normalized spacial score (nSPS) is 12.1. The molecular weight excluding hydrogens is 502 g/mol. The molecule has 0 aliphatic heterocycles. The van der Waals surface area contributed by atoms with Gasteiger partial charge in [-0.2, -0.15) is 0 Å². The maximum Gasteiger partial charge on any atom is 0.227 e. The molecule has 1 aromatic carbocycles. The molecule has 34 heavy (non-hydrogen) atoms. The third-order valence-electron chi connectivity index (χ3n) is 5.47. The predicted octanol–water partition coefficient (Wildman–Crippen LogP) is 7.40. The molecule has 3 aromatic rings. The van der Waals surface area contributed by atoms with Crippen LogP contribution in [0.25, 0.3) is 16.6 Å². The molecule has 9 heteroatoms. The molecule has 0 spiro atoms. The summed E-state index contributed by atoms with van der Waals surface area (Å²) < 4.78 is 27.4. The van der Waals surface area contributed by atoms with Crippen molar-refractivity contribution < 1.29 is 13.9 Å². The first kappa shape index (κ1) is 26.7. The van der Waals surface area contributed by atoms with Gasteiger partial charge in [0.05, 0.1) is 44.7 Å². The SMILES string of the molecule is Cc1cc(=O)c2c(OCCC(C)(C)OCCC(C)C)ncc(Cl)c2n1-c1c(Cl)cc(F)cc1Cl. The summed E-state index contributed by atoms with van der Waals surface area (Å²) in [6.45, 7) is 11.0. The van der Waals surface area contributed by atoms with Gasteiger partial charge in [0, 0.05) is 24.8 Å². The minimum atomic E-state index is -0.572. The molecule has 0 bridgehead atoms. The van der Waals surface area contributed by atoms with Crippen LogP contribution in [0.5, 0.6) is 5.88 Å². The van der Waals surface area contributed by atoms with Crippen molar-refractivity contribution in [3.63, 3.8) is 0 Å². The van der Waals surface area contributed by atoms with Gasteiger partial charge in [0.15, 0.2) is 5.43 Å². The molecule has 5 nitrogen and oxygen atoms in total. The maximum absolute atomic E-state index is 13.8. The lowest BCUT2D eigenvalue weighted by Gasteiger charge is -2.26. The molecule has 0 aliphatic rings. The largest absolute Gasteiger partial charge is 0.477 e. The van der Waals surface area contributed by atoms with E-state index < -0.39 is 11.4 Å². The zero-order chi connectivity index (χ0) is 25.2. The Morgan fingerprint density at radius 3 is 2.35 bits per heavy atom. The minimum absolute atomic E-state index is 0.0775. The van der Waals surface area contributed by atoms with Crippen molar-refractivity contribution in [3.8, 4) is 11.6 Å². The van der Waals surface area contributed by atoms with Crippen LogP contribution in [0.15, 0.2) is 29.2 Å². The van der Waals surface area contributed by atoms with Crippen molar-refractivity contribution in [1.29, 1.82) is 0 Å². The van der Waals surface area contributed by atoms with E-state index in [4.69, 9.17) is 44.3 Å². The van der Waals surface area contributed by atoms with Gasteiger partial charge in [0.1, 0.15) is 11.2 Å². The number of aromatic nitrogens is 2. The molecule has 0 aliphatic carbocycles. The van der Waals surface area contributed by atoms with Crippen LogP contribution in [0.2, 0.25) is 15.1 Å². The fraction of sp³-hybridized carbons (Fsp3) is 0.440. The molecule has 0 amide bonds. The second-order valence-electron chi connectivity index (χ2n) is 9.23. The van der Waals surface area contributed by atoms with Crippen molar-refractivity contribution >= 4 is 45.7 Å². The van der Waals surface area contributed by atoms with E-state index >= 15 is 0 Å². The molecule has 0 radical (unpaired) electrons. The predicted molar refractivity (Wildman–Crippen MR) is 137 cm³/mol. The number of pyridine rings is 2. The molecule has 2 aromatic heterocycles. The topological polar surface area (TPSA) is 53.4 Å². The third kappa shape index (κ3) is 6.03. The first-order chi connectivity index (χ1) is 15.9. The minimum Gasteiger partial charge on any atom is -0.477 e. The Morgan fingerprint density at radius 1 is 1.09 bits per heavy atom. The van der Waals surface area contributed by atoms with E-state index in [0.717, 1.165) is 18.6 Å². The molecule has 0 atom stereocenters. The van der Waals surface area contributed by atoms with Crippen molar-refractivity contribution in [2.24, 2.45) is 5.92 Å². The second kappa shape index (κ2) is 10.8. The summed E-state index contributed by atoms with van der Waals surface area (Å²) in [6.07, 6.45) is 2.97. The Balaban J connectivity index is 2.00. The zero-order valence-electron chi connectivity index (χ0n) is 19.8. The Hall–Kier alpha value is -1.86. The van der Waals surface area contributed by atoms with Gasteiger partial charge >= 0.3 is 0 Å². The van der Waals surface area contributed by atoms with E-state index in [2.05, 4.69) is 18.8 Å². The van der Waals surface area contributed by atoms with E-state index in [0.29, 0.717) is 35.8 Å². The molecule has 184 valence electrons.